The van der Waals surface area contributed by atoms with Gasteiger partial charge in [-0.2, -0.15) is 0 Å². The average molecular weight is 424 g/mol. The summed E-state index contributed by atoms with van der Waals surface area (Å²) in [6.45, 7) is 5.03. The second kappa shape index (κ2) is 8.64. The van der Waals surface area contributed by atoms with Gasteiger partial charge in [0, 0.05) is 15.7 Å². The van der Waals surface area contributed by atoms with Crippen LogP contribution in [0.5, 0.6) is 0 Å². The lowest BCUT2D eigenvalue weighted by atomic mass is 10.0. The fourth-order valence-corrected chi connectivity index (χ4v) is 2.96. The van der Waals surface area contributed by atoms with Gasteiger partial charge in [0.05, 0.1) is 6.61 Å². The Bertz CT molecular complexity index is 787. The molecule has 0 saturated heterocycles. The maximum absolute atomic E-state index is 14.5. The Balaban J connectivity index is 2.13. The molecule has 0 aliphatic rings. The van der Waals surface area contributed by atoms with Crippen LogP contribution in [0.25, 0.3) is 0 Å². The Kier molecular flexibility index (Phi) is 6.78. The zero-order valence-electron chi connectivity index (χ0n) is 15.1. The number of amides is 1. The summed E-state index contributed by atoms with van der Waals surface area (Å²) in [4.78, 5) is 12.0. The number of ether oxygens (including phenoxy) is 1. The Hall–Kier alpha value is -1.92. The number of para-hydroxylation sites is 1. The number of hydrogen-bond donors (Lipinski definition) is 2. The summed E-state index contributed by atoms with van der Waals surface area (Å²) < 4.78 is 20.3. The first-order valence-corrected chi connectivity index (χ1v) is 9.15. The molecule has 0 aliphatic heterocycles. The number of anilines is 1. The number of carbonyl (C=O) groups is 1. The van der Waals surface area contributed by atoms with E-state index < -0.39 is 17.5 Å². The molecule has 0 saturated carbocycles. The van der Waals surface area contributed by atoms with Gasteiger partial charge >= 0.3 is 6.09 Å². The molecule has 2 N–H and O–H groups in total. The van der Waals surface area contributed by atoms with Gasteiger partial charge in [0.2, 0.25) is 0 Å². The minimum absolute atomic E-state index is 0.252. The van der Waals surface area contributed by atoms with Crippen molar-refractivity contribution in [3.8, 4) is 0 Å². The SMILES string of the molecule is CC(C)(C)OC(=O)Nc1ccccc1CCc1ccc(Br)c(CO)c1F. The number of carbonyl (C=O) groups excluding carboxylic acids is 1. The molecule has 0 bridgehead atoms. The van der Waals surface area contributed by atoms with Crippen molar-refractivity contribution in [2.24, 2.45) is 0 Å². The van der Waals surface area contributed by atoms with Crippen molar-refractivity contribution in [3.63, 3.8) is 0 Å². The number of halogens is 2. The number of nitrogens with one attached hydrogen (secondary N) is 1. The van der Waals surface area contributed by atoms with Crippen molar-refractivity contribution in [1.29, 1.82) is 0 Å². The summed E-state index contributed by atoms with van der Waals surface area (Å²) >= 11 is 3.24. The molecule has 2 aromatic carbocycles. The molecule has 0 atom stereocenters. The molecule has 2 aromatic rings. The van der Waals surface area contributed by atoms with Crippen LogP contribution in [-0.4, -0.2) is 16.8 Å². The monoisotopic (exact) mass is 423 g/mol. The van der Waals surface area contributed by atoms with Gasteiger partial charge in [-0.05, 0) is 56.9 Å². The molecule has 140 valence electrons. The zero-order valence-corrected chi connectivity index (χ0v) is 16.7. The number of rotatable bonds is 5. The highest BCUT2D eigenvalue weighted by Gasteiger charge is 2.17. The fourth-order valence-electron chi connectivity index (χ4n) is 2.53. The second-order valence-corrected chi connectivity index (χ2v) is 7.80. The standard InChI is InChI=1S/C20H23BrFNO3/c1-20(2,3)26-19(25)23-17-7-5-4-6-13(17)8-9-14-10-11-16(21)15(12-24)18(14)22/h4-7,10-11,24H,8-9,12H2,1-3H3,(H,23,25). The van der Waals surface area contributed by atoms with Crippen LogP contribution in [0.3, 0.4) is 0 Å². The van der Waals surface area contributed by atoms with Crippen LogP contribution in [0.1, 0.15) is 37.5 Å². The van der Waals surface area contributed by atoms with Gasteiger partial charge in [-0.1, -0.05) is 40.2 Å². The van der Waals surface area contributed by atoms with E-state index in [9.17, 15) is 14.3 Å². The van der Waals surface area contributed by atoms with E-state index in [0.717, 1.165) is 5.56 Å². The minimum atomic E-state index is -0.583. The van der Waals surface area contributed by atoms with Crippen molar-refractivity contribution in [2.45, 2.75) is 45.8 Å². The summed E-state index contributed by atoms with van der Waals surface area (Å²) in [5.41, 5.74) is 1.71. The summed E-state index contributed by atoms with van der Waals surface area (Å²) in [6.07, 6.45) is 0.455. The first kappa shape index (κ1) is 20.4. The van der Waals surface area contributed by atoms with E-state index in [-0.39, 0.29) is 12.2 Å². The summed E-state index contributed by atoms with van der Waals surface area (Å²) in [5, 5.41) is 12.1. The number of benzene rings is 2. The normalized spacial score (nSPS) is 11.3. The van der Waals surface area contributed by atoms with Crippen molar-refractivity contribution < 1.29 is 19.0 Å². The van der Waals surface area contributed by atoms with Crippen molar-refractivity contribution in [3.05, 3.63) is 63.4 Å². The molecule has 0 heterocycles. The molecule has 0 aliphatic carbocycles. The van der Waals surface area contributed by atoms with E-state index in [2.05, 4.69) is 21.2 Å². The fraction of sp³-hybridized carbons (Fsp3) is 0.350. The van der Waals surface area contributed by atoms with Gasteiger partial charge < -0.3 is 9.84 Å². The molecule has 1 amide bonds. The third-order valence-corrected chi connectivity index (χ3v) is 4.48. The van der Waals surface area contributed by atoms with Crippen molar-refractivity contribution in [2.75, 3.05) is 5.32 Å². The number of aliphatic hydroxyl groups is 1. The highest BCUT2D eigenvalue weighted by atomic mass is 79.9. The lowest BCUT2D eigenvalue weighted by Gasteiger charge is -2.20. The Morgan fingerprint density at radius 3 is 2.46 bits per heavy atom. The molecule has 6 heteroatoms. The molecule has 2 rings (SSSR count). The van der Waals surface area contributed by atoms with Crippen LogP contribution >= 0.6 is 15.9 Å². The van der Waals surface area contributed by atoms with Crippen LogP contribution in [0, 0.1) is 5.82 Å². The number of hydrogen-bond acceptors (Lipinski definition) is 3. The lowest BCUT2D eigenvalue weighted by Crippen LogP contribution is -2.27. The Morgan fingerprint density at radius 1 is 1.15 bits per heavy atom. The molecular formula is C20H23BrFNO3. The van der Waals surface area contributed by atoms with E-state index in [0.29, 0.717) is 28.6 Å². The number of aliphatic hydroxyl groups excluding tert-OH is 1. The topological polar surface area (TPSA) is 58.6 Å². The van der Waals surface area contributed by atoms with E-state index in [1.54, 1.807) is 39.0 Å². The minimum Gasteiger partial charge on any atom is -0.444 e. The van der Waals surface area contributed by atoms with Crippen LogP contribution in [0.4, 0.5) is 14.9 Å². The van der Waals surface area contributed by atoms with Gasteiger partial charge in [-0.25, -0.2) is 9.18 Å². The Morgan fingerprint density at radius 2 is 1.81 bits per heavy atom. The van der Waals surface area contributed by atoms with Crippen molar-refractivity contribution in [1.82, 2.24) is 0 Å². The molecule has 26 heavy (non-hydrogen) atoms. The highest BCUT2D eigenvalue weighted by Crippen LogP contribution is 2.25. The molecule has 0 radical (unpaired) electrons. The molecule has 0 unspecified atom stereocenters. The third-order valence-electron chi connectivity index (χ3n) is 3.74. The molecule has 4 nitrogen and oxygen atoms in total. The van der Waals surface area contributed by atoms with Gasteiger partial charge in [0.1, 0.15) is 11.4 Å². The first-order chi connectivity index (χ1) is 12.2. The predicted molar refractivity (Wildman–Crippen MR) is 104 cm³/mol. The lowest BCUT2D eigenvalue weighted by molar-refractivity contribution is 0.0636. The summed E-state index contributed by atoms with van der Waals surface area (Å²) in [6, 6.07) is 10.8. The molecule has 0 spiro atoms. The number of aryl methyl sites for hydroxylation is 2. The van der Waals surface area contributed by atoms with Gasteiger partial charge in [-0.15, -0.1) is 0 Å². The quantitative estimate of drug-likeness (QED) is 0.693. The Labute approximate surface area is 161 Å². The van der Waals surface area contributed by atoms with E-state index in [1.807, 2.05) is 18.2 Å². The smallest absolute Gasteiger partial charge is 0.412 e. The third kappa shape index (κ3) is 5.54. The van der Waals surface area contributed by atoms with Crippen LogP contribution in [0.2, 0.25) is 0 Å². The summed E-state index contributed by atoms with van der Waals surface area (Å²) in [5.74, 6) is -0.403. The van der Waals surface area contributed by atoms with E-state index >= 15 is 0 Å². The van der Waals surface area contributed by atoms with Gasteiger partial charge in [0.25, 0.3) is 0 Å². The van der Waals surface area contributed by atoms with Crippen LogP contribution in [-0.2, 0) is 24.2 Å². The highest BCUT2D eigenvalue weighted by molar-refractivity contribution is 9.10. The van der Waals surface area contributed by atoms with Gasteiger partial charge in [0.15, 0.2) is 0 Å². The largest absolute Gasteiger partial charge is 0.444 e. The maximum atomic E-state index is 14.5. The van der Waals surface area contributed by atoms with Crippen molar-refractivity contribution >= 4 is 27.7 Å². The molecule has 0 aromatic heterocycles. The van der Waals surface area contributed by atoms with E-state index in [1.165, 1.54) is 0 Å². The first-order valence-electron chi connectivity index (χ1n) is 8.36. The average Bonchev–Trinajstić information content (AvgIpc) is 2.54. The maximum Gasteiger partial charge on any atom is 0.412 e. The molecular weight excluding hydrogens is 401 g/mol. The second-order valence-electron chi connectivity index (χ2n) is 6.94. The predicted octanol–water partition coefficient (Wildman–Crippen LogP) is 5.21. The van der Waals surface area contributed by atoms with E-state index in [4.69, 9.17) is 4.74 Å². The van der Waals surface area contributed by atoms with Crippen LogP contribution < -0.4 is 5.32 Å². The van der Waals surface area contributed by atoms with Gasteiger partial charge in [-0.3, -0.25) is 5.32 Å². The molecule has 0 fully saturated rings. The summed E-state index contributed by atoms with van der Waals surface area (Å²) in [7, 11) is 0. The van der Waals surface area contributed by atoms with Crippen LogP contribution in [0.15, 0.2) is 40.9 Å². The zero-order chi connectivity index (χ0) is 19.3.